The van der Waals surface area contributed by atoms with Crippen molar-refractivity contribution >= 4 is 19.7 Å². The second kappa shape index (κ2) is 7.53. The van der Waals surface area contributed by atoms with Crippen LogP contribution in [0.5, 0.6) is 11.5 Å². The van der Waals surface area contributed by atoms with Gasteiger partial charge in [0.05, 0.1) is 14.7 Å². The minimum absolute atomic E-state index is 0.0441. The molecule has 0 atom stereocenters. The Hall–Kier alpha value is -2.85. The first kappa shape index (κ1) is 20.9. The Morgan fingerprint density at radius 1 is 0.586 bits per heavy atom. The molecule has 29 heavy (non-hydrogen) atoms. The van der Waals surface area contributed by atoms with Gasteiger partial charge in [0.2, 0.25) is 9.84 Å². The van der Waals surface area contributed by atoms with Gasteiger partial charge in [-0.15, -0.1) is 0 Å². The molecule has 0 unspecified atom stereocenters. The molecule has 0 bridgehead atoms. The summed E-state index contributed by atoms with van der Waals surface area (Å²) >= 11 is 0. The Morgan fingerprint density at radius 2 is 1.00 bits per heavy atom. The van der Waals surface area contributed by atoms with E-state index in [0.717, 1.165) is 24.3 Å². The maximum atomic E-state index is 12.6. The van der Waals surface area contributed by atoms with Gasteiger partial charge in [-0.2, -0.15) is 13.2 Å². The van der Waals surface area contributed by atoms with Crippen molar-refractivity contribution in [1.82, 2.24) is 0 Å². The van der Waals surface area contributed by atoms with Gasteiger partial charge >= 0.3 is 5.51 Å². The van der Waals surface area contributed by atoms with Crippen LogP contribution >= 0.6 is 0 Å². The Bertz CT molecular complexity index is 1200. The molecule has 0 aliphatic carbocycles. The molecule has 0 N–H and O–H groups in total. The highest BCUT2D eigenvalue weighted by Crippen LogP contribution is 2.32. The number of benzene rings is 3. The van der Waals surface area contributed by atoms with Gasteiger partial charge in [-0.1, -0.05) is 18.2 Å². The standard InChI is InChI=1S/C19H13F3O5S2/c20-19(21,22)29(25,26)18-12-8-15(9-13-18)27-14-6-10-17(11-7-14)28(23,24)16-4-2-1-3-5-16/h1-13H. The quantitative estimate of drug-likeness (QED) is 0.577. The maximum absolute atomic E-state index is 12.6. The molecule has 0 fully saturated rings. The van der Waals surface area contributed by atoms with Gasteiger partial charge < -0.3 is 4.74 Å². The molecule has 5 nitrogen and oxygen atoms in total. The van der Waals surface area contributed by atoms with Crippen molar-refractivity contribution in [2.45, 2.75) is 20.2 Å². The number of hydrogen-bond acceptors (Lipinski definition) is 5. The molecule has 0 aliphatic rings. The van der Waals surface area contributed by atoms with Crippen LogP contribution in [0.4, 0.5) is 13.2 Å². The third-order valence-electron chi connectivity index (χ3n) is 3.86. The predicted molar refractivity (Wildman–Crippen MR) is 98.1 cm³/mol. The summed E-state index contributed by atoms with van der Waals surface area (Å²) in [5.74, 6) is 0.313. The molecule has 0 spiro atoms. The molecule has 0 saturated heterocycles. The minimum atomic E-state index is -5.44. The van der Waals surface area contributed by atoms with Crippen LogP contribution < -0.4 is 4.74 Å². The molecule has 0 saturated carbocycles. The van der Waals surface area contributed by atoms with Crippen LogP contribution in [-0.4, -0.2) is 22.3 Å². The number of ether oxygens (including phenoxy) is 1. The van der Waals surface area contributed by atoms with Crippen molar-refractivity contribution in [3.05, 3.63) is 78.9 Å². The Kier molecular flexibility index (Phi) is 5.42. The van der Waals surface area contributed by atoms with Crippen molar-refractivity contribution in [3.63, 3.8) is 0 Å². The maximum Gasteiger partial charge on any atom is 0.501 e. The van der Waals surface area contributed by atoms with Crippen LogP contribution in [0.3, 0.4) is 0 Å². The van der Waals surface area contributed by atoms with E-state index in [4.69, 9.17) is 4.74 Å². The Labute approximate surface area is 165 Å². The second-order valence-electron chi connectivity index (χ2n) is 5.81. The summed E-state index contributed by atoms with van der Waals surface area (Å²) in [6.45, 7) is 0. The zero-order valence-electron chi connectivity index (χ0n) is 14.5. The van der Waals surface area contributed by atoms with Gasteiger partial charge in [-0.05, 0) is 60.7 Å². The summed E-state index contributed by atoms with van der Waals surface area (Å²) < 4.78 is 90.8. The van der Waals surface area contributed by atoms with E-state index in [1.165, 1.54) is 36.4 Å². The van der Waals surface area contributed by atoms with Crippen molar-refractivity contribution in [2.24, 2.45) is 0 Å². The highest BCUT2D eigenvalue weighted by Gasteiger charge is 2.46. The fourth-order valence-electron chi connectivity index (χ4n) is 2.38. The lowest BCUT2D eigenvalue weighted by Gasteiger charge is -2.10. The van der Waals surface area contributed by atoms with E-state index >= 15 is 0 Å². The average Bonchev–Trinajstić information content (AvgIpc) is 2.69. The molecule has 3 rings (SSSR count). The second-order valence-corrected chi connectivity index (χ2v) is 9.70. The van der Waals surface area contributed by atoms with E-state index in [0.29, 0.717) is 0 Å². The molecular weight excluding hydrogens is 429 g/mol. The van der Waals surface area contributed by atoms with E-state index in [-0.39, 0.29) is 21.3 Å². The smallest absolute Gasteiger partial charge is 0.457 e. The summed E-state index contributed by atoms with van der Waals surface area (Å²) in [4.78, 5) is -0.723. The molecule has 0 aromatic heterocycles. The molecule has 0 amide bonds. The third-order valence-corrected chi connectivity index (χ3v) is 7.15. The Balaban J connectivity index is 1.79. The lowest BCUT2D eigenvalue weighted by molar-refractivity contribution is -0.0436. The zero-order chi connectivity index (χ0) is 21.3. The summed E-state index contributed by atoms with van der Waals surface area (Å²) in [5, 5.41) is 0. The van der Waals surface area contributed by atoms with Crippen molar-refractivity contribution in [3.8, 4) is 11.5 Å². The molecule has 3 aromatic rings. The van der Waals surface area contributed by atoms with Crippen LogP contribution in [0.25, 0.3) is 0 Å². The molecule has 3 aromatic carbocycles. The summed E-state index contributed by atoms with van der Waals surface area (Å²) in [6, 6.07) is 17.0. The minimum Gasteiger partial charge on any atom is -0.457 e. The number of sulfone groups is 2. The van der Waals surface area contributed by atoms with Crippen LogP contribution in [0, 0.1) is 0 Å². The predicted octanol–water partition coefficient (Wildman–Crippen LogP) is 4.61. The number of halogens is 3. The molecule has 0 aliphatic heterocycles. The first-order valence-electron chi connectivity index (χ1n) is 8.01. The zero-order valence-corrected chi connectivity index (χ0v) is 16.1. The molecule has 152 valence electrons. The topological polar surface area (TPSA) is 77.5 Å². The van der Waals surface area contributed by atoms with Crippen molar-refractivity contribution in [1.29, 1.82) is 0 Å². The largest absolute Gasteiger partial charge is 0.501 e. The van der Waals surface area contributed by atoms with Gasteiger partial charge in [-0.25, -0.2) is 16.8 Å². The van der Waals surface area contributed by atoms with Gasteiger partial charge in [0.15, 0.2) is 0 Å². The summed E-state index contributed by atoms with van der Waals surface area (Å²) in [6.07, 6.45) is 0. The van der Waals surface area contributed by atoms with Crippen LogP contribution in [0.2, 0.25) is 0 Å². The van der Waals surface area contributed by atoms with Crippen molar-refractivity contribution < 1.29 is 34.7 Å². The van der Waals surface area contributed by atoms with E-state index in [2.05, 4.69) is 0 Å². The number of hydrogen-bond donors (Lipinski definition) is 0. The number of alkyl halides is 3. The monoisotopic (exact) mass is 442 g/mol. The lowest BCUT2D eigenvalue weighted by atomic mass is 10.3. The fourth-order valence-corrected chi connectivity index (χ4v) is 4.42. The normalized spacial score (nSPS) is 12.5. The van der Waals surface area contributed by atoms with E-state index in [9.17, 15) is 30.0 Å². The Morgan fingerprint density at radius 3 is 1.45 bits per heavy atom. The molecule has 0 radical (unpaired) electrons. The third kappa shape index (κ3) is 4.28. The van der Waals surface area contributed by atoms with Crippen LogP contribution in [0.1, 0.15) is 0 Å². The van der Waals surface area contributed by atoms with E-state index in [1.54, 1.807) is 18.2 Å². The molecule has 10 heteroatoms. The van der Waals surface area contributed by atoms with E-state index < -0.39 is 30.1 Å². The highest BCUT2D eigenvalue weighted by atomic mass is 32.2. The van der Waals surface area contributed by atoms with Crippen LogP contribution in [0.15, 0.2) is 93.5 Å². The first-order chi connectivity index (χ1) is 13.5. The molecule has 0 heterocycles. The average molecular weight is 442 g/mol. The molecular formula is C19H13F3O5S2. The van der Waals surface area contributed by atoms with Gasteiger partial charge in [0.25, 0.3) is 9.84 Å². The first-order valence-corrected chi connectivity index (χ1v) is 11.0. The van der Waals surface area contributed by atoms with Gasteiger partial charge in [-0.3, -0.25) is 0 Å². The lowest BCUT2D eigenvalue weighted by Crippen LogP contribution is -2.23. The number of rotatable bonds is 5. The van der Waals surface area contributed by atoms with E-state index in [1.807, 2.05) is 0 Å². The highest BCUT2D eigenvalue weighted by molar-refractivity contribution is 7.92. The SMILES string of the molecule is O=S(=O)(c1ccccc1)c1ccc(Oc2ccc(S(=O)(=O)C(F)(F)F)cc2)cc1. The van der Waals surface area contributed by atoms with Gasteiger partial charge in [0, 0.05) is 0 Å². The van der Waals surface area contributed by atoms with Crippen LogP contribution in [-0.2, 0) is 19.7 Å². The van der Waals surface area contributed by atoms with Gasteiger partial charge in [0.1, 0.15) is 11.5 Å². The van der Waals surface area contributed by atoms with Crippen molar-refractivity contribution in [2.75, 3.05) is 0 Å². The fraction of sp³-hybridized carbons (Fsp3) is 0.0526. The summed E-state index contributed by atoms with van der Waals surface area (Å²) in [5.41, 5.74) is -5.39. The summed E-state index contributed by atoms with van der Waals surface area (Å²) in [7, 11) is -9.13.